The van der Waals surface area contributed by atoms with Gasteiger partial charge in [0.25, 0.3) is 0 Å². The molecule has 0 radical (unpaired) electrons. The fraction of sp³-hybridized carbons (Fsp3) is 0.500. The molecule has 1 fully saturated rings. The Kier molecular flexibility index (Phi) is 3.57. The van der Waals surface area contributed by atoms with Crippen molar-refractivity contribution in [1.29, 1.82) is 5.26 Å². The second kappa shape index (κ2) is 5.13. The zero-order valence-corrected chi connectivity index (χ0v) is 9.84. The largest absolute Gasteiger partial charge is 0.364 e. The van der Waals surface area contributed by atoms with Crippen molar-refractivity contribution in [2.75, 3.05) is 24.6 Å². The van der Waals surface area contributed by atoms with E-state index in [9.17, 15) is 0 Å². The molecule has 1 aliphatic rings. The maximum atomic E-state index is 8.84. The van der Waals surface area contributed by atoms with Gasteiger partial charge >= 0.3 is 0 Å². The predicted octanol–water partition coefficient (Wildman–Crippen LogP) is 0.830. The molecular formula is C12H16N4O. The number of morpholine rings is 1. The number of nitriles is 1. The normalized spacial score (nSPS) is 21.9. The number of hydrogen-bond donors (Lipinski definition) is 1. The summed E-state index contributed by atoms with van der Waals surface area (Å²) >= 11 is 0. The Morgan fingerprint density at radius 3 is 3.06 bits per heavy atom. The van der Waals surface area contributed by atoms with Gasteiger partial charge < -0.3 is 15.4 Å². The van der Waals surface area contributed by atoms with Gasteiger partial charge in [0.05, 0.1) is 36.8 Å². The van der Waals surface area contributed by atoms with E-state index in [1.807, 2.05) is 19.1 Å². The van der Waals surface area contributed by atoms with Crippen LogP contribution in [0, 0.1) is 11.3 Å². The van der Waals surface area contributed by atoms with Crippen LogP contribution in [0.25, 0.3) is 0 Å². The molecule has 2 N–H and O–H groups in total. The maximum absolute atomic E-state index is 8.84. The third-order valence-corrected chi connectivity index (χ3v) is 2.81. The highest BCUT2D eigenvalue weighted by atomic mass is 16.5. The van der Waals surface area contributed by atoms with Gasteiger partial charge in [-0.25, -0.2) is 0 Å². The van der Waals surface area contributed by atoms with E-state index >= 15 is 0 Å². The molecule has 0 saturated carbocycles. The number of nitrogens with zero attached hydrogens (tertiary/aromatic N) is 3. The van der Waals surface area contributed by atoms with Crippen LogP contribution in [-0.2, 0) is 4.74 Å². The average Bonchev–Trinajstić information content (AvgIpc) is 2.39. The van der Waals surface area contributed by atoms with Crippen LogP contribution in [0.15, 0.2) is 18.3 Å². The molecule has 2 unspecified atom stereocenters. The second-order valence-corrected chi connectivity index (χ2v) is 4.16. The third-order valence-electron chi connectivity index (χ3n) is 2.81. The Morgan fingerprint density at radius 1 is 1.65 bits per heavy atom. The lowest BCUT2D eigenvalue weighted by atomic mass is 10.2. The van der Waals surface area contributed by atoms with Crippen LogP contribution in [0.2, 0.25) is 0 Å². The summed E-state index contributed by atoms with van der Waals surface area (Å²) in [6.45, 7) is 3.86. The van der Waals surface area contributed by atoms with Crippen LogP contribution in [-0.4, -0.2) is 30.8 Å². The van der Waals surface area contributed by atoms with E-state index in [4.69, 9.17) is 15.7 Å². The van der Waals surface area contributed by atoms with Crippen LogP contribution in [0.5, 0.6) is 0 Å². The zero-order valence-electron chi connectivity index (χ0n) is 9.84. The summed E-state index contributed by atoms with van der Waals surface area (Å²) in [6, 6.07) is 5.99. The predicted molar refractivity (Wildman–Crippen MR) is 64.4 cm³/mol. The standard InChI is InChI=1S/C12H16N4O/c1-9(14)12-3-2-10(7-15-12)16-4-5-17-11(6-13)8-16/h2-3,7,9,11H,4-5,8,14H2,1H3. The highest BCUT2D eigenvalue weighted by molar-refractivity contribution is 5.45. The van der Waals surface area contributed by atoms with Crippen molar-refractivity contribution in [3.63, 3.8) is 0 Å². The van der Waals surface area contributed by atoms with E-state index < -0.39 is 0 Å². The molecule has 0 amide bonds. The van der Waals surface area contributed by atoms with Gasteiger partial charge in [-0.1, -0.05) is 0 Å². The van der Waals surface area contributed by atoms with Crippen molar-refractivity contribution in [2.24, 2.45) is 5.73 Å². The summed E-state index contributed by atoms with van der Waals surface area (Å²) in [6.07, 6.45) is 1.45. The molecule has 5 heteroatoms. The number of ether oxygens (including phenoxy) is 1. The molecule has 1 aliphatic heterocycles. The molecule has 17 heavy (non-hydrogen) atoms. The van der Waals surface area contributed by atoms with Crippen LogP contribution in [0.1, 0.15) is 18.7 Å². The minimum Gasteiger partial charge on any atom is -0.364 e. The van der Waals surface area contributed by atoms with Crippen molar-refractivity contribution in [1.82, 2.24) is 4.98 Å². The Hall–Kier alpha value is -1.64. The second-order valence-electron chi connectivity index (χ2n) is 4.16. The highest BCUT2D eigenvalue weighted by Gasteiger charge is 2.20. The quantitative estimate of drug-likeness (QED) is 0.817. The Morgan fingerprint density at radius 2 is 2.47 bits per heavy atom. The summed E-state index contributed by atoms with van der Waals surface area (Å²) in [5, 5.41) is 8.84. The van der Waals surface area contributed by atoms with E-state index in [-0.39, 0.29) is 12.1 Å². The summed E-state index contributed by atoms with van der Waals surface area (Å²) in [5.74, 6) is 0. The minimum atomic E-state index is -0.350. The van der Waals surface area contributed by atoms with Crippen molar-refractivity contribution >= 4 is 5.69 Å². The summed E-state index contributed by atoms with van der Waals surface area (Å²) in [4.78, 5) is 6.42. The van der Waals surface area contributed by atoms with Gasteiger partial charge in [0.1, 0.15) is 0 Å². The smallest absolute Gasteiger partial charge is 0.161 e. The first-order chi connectivity index (χ1) is 8.20. The number of aromatic nitrogens is 1. The number of pyridine rings is 1. The number of nitrogens with two attached hydrogens (primary N) is 1. The Bertz CT molecular complexity index is 410. The molecule has 2 atom stereocenters. The summed E-state index contributed by atoms with van der Waals surface area (Å²) in [7, 11) is 0. The van der Waals surface area contributed by atoms with Gasteiger partial charge in [-0.2, -0.15) is 5.26 Å². The SMILES string of the molecule is CC(N)c1ccc(N2CCOC(C#N)C2)cn1. The summed E-state index contributed by atoms with van der Waals surface area (Å²) < 4.78 is 5.30. The first-order valence-electron chi connectivity index (χ1n) is 5.68. The average molecular weight is 232 g/mol. The molecule has 2 heterocycles. The van der Waals surface area contributed by atoms with Crippen molar-refractivity contribution in [3.05, 3.63) is 24.0 Å². The fourth-order valence-corrected chi connectivity index (χ4v) is 1.82. The topological polar surface area (TPSA) is 75.2 Å². The molecule has 5 nitrogen and oxygen atoms in total. The van der Waals surface area contributed by atoms with E-state index in [0.29, 0.717) is 13.2 Å². The van der Waals surface area contributed by atoms with Crippen LogP contribution >= 0.6 is 0 Å². The van der Waals surface area contributed by atoms with Gasteiger partial charge in [0.2, 0.25) is 0 Å². The third kappa shape index (κ3) is 2.73. The molecule has 0 bridgehead atoms. The number of anilines is 1. The molecule has 0 spiro atoms. The van der Waals surface area contributed by atoms with Crippen LogP contribution < -0.4 is 10.6 Å². The number of rotatable bonds is 2. The zero-order chi connectivity index (χ0) is 12.3. The van der Waals surface area contributed by atoms with Gasteiger partial charge in [-0.15, -0.1) is 0 Å². The lowest BCUT2D eigenvalue weighted by molar-refractivity contribution is 0.0764. The van der Waals surface area contributed by atoms with E-state index in [1.54, 1.807) is 6.20 Å². The van der Waals surface area contributed by atoms with E-state index in [1.165, 1.54) is 0 Å². The molecule has 0 aliphatic carbocycles. The van der Waals surface area contributed by atoms with Crippen molar-refractivity contribution < 1.29 is 4.74 Å². The lowest BCUT2D eigenvalue weighted by Gasteiger charge is -2.31. The monoisotopic (exact) mass is 232 g/mol. The highest BCUT2D eigenvalue weighted by Crippen LogP contribution is 2.18. The van der Waals surface area contributed by atoms with Crippen molar-refractivity contribution in [3.8, 4) is 6.07 Å². The molecule has 1 aromatic heterocycles. The minimum absolute atomic E-state index is 0.0550. The lowest BCUT2D eigenvalue weighted by Crippen LogP contribution is -2.41. The first kappa shape index (κ1) is 11.8. The van der Waals surface area contributed by atoms with Gasteiger partial charge in [0, 0.05) is 12.6 Å². The maximum Gasteiger partial charge on any atom is 0.161 e. The molecule has 1 aromatic rings. The first-order valence-corrected chi connectivity index (χ1v) is 5.68. The van der Waals surface area contributed by atoms with Gasteiger partial charge in [-0.3, -0.25) is 4.98 Å². The molecule has 1 saturated heterocycles. The van der Waals surface area contributed by atoms with Crippen molar-refractivity contribution in [2.45, 2.75) is 19.1 Å². The molecule has 2 rings (SSSR count). The molecule has 90 valence electrons. The van der Waals surface area contributed by atoms with Gasteiger partial charge in [-0.05, 0) is 19.1 Å². The Labute approximate surface area is 101 Å². The fourth-order valence-electron chi connectivity index (χ4n) is 1.82. The van der Waals surface area contributed by atoms with Crippen LogP contribution in [0.3, 0.4) is 0 Å². The Balaban J connectivity index is 2.09. The molecule has 0 aromatic carbocycles. The molecular weight excluding hydrogens is 216 g/mol. The van der Waals surface area contributed by atoms with Gasteiger partial charge in [0.15, 0.2) is 6.10 Å². The summed E-state index contributed by atoms with van der Waals surface area (Å²) in [5.41, 5.74) is 7.63. The number of hydrogen-bond acceptors (Lipinski definition) is 5. The van der Waals surface area contributed by atoms with Crippen LogP contribution in [0.4, 0.5) is 5.69 Å². The van der Waals surface area contributed by atoms with E-state index in [2.05, 4.69) is 16.0 Å². The van der Waals surface area contributed by atoms with E-state index in [0.717, 1.165) is 17.9 Å².